The van der Waals surface area contributed by atoms with Gasteiger partial charge in [-0.05, 0) is 49.4 Å². The molecule has 0 fully saturated rings. The summed E-state index contributed by atoms with van der Waals surface area (Å²) in [6, 6.07) is 6.12. The first-order chi connectivity index (χ1) is 15.7. The van der Waals surface area contributed by atoms with Gasteiger partial charge in [0.2, 0.25) is 0 Å². The molecule has 2 aromatic carbocycles. The molecule has 2 atom stereocenters. The molecule has 0 saturated heterocycles. The smallest absolute Gasteiger partial charge is 0.416 e. The topological polar surface area (TPSA) is 76.7 Å². The minimum atomic E-state index is -4.76. The lowest BCUT2D eigenvalue weighted by atomic mass is 9.73. The van der Waals surface area contributed by atoms with Gasteiger partial charge in [-0.15, -0.1) is 0 Å². The number of hydrogen-bond acceptors (Lipinski definition) is 6. The van der Waals surface area contributed by atoms with Crippen molar-refractivity contribution < 1.29 is 45.4 Å². The standard InChI is InChI=1S/C22H20F6N2O4/c1-19(17(31)33-2)11-20(18(32)34-3,29-14-7-4-12(5-8-14)21(23,24)25)15-10-13(22(26,27)28)6-9-16(15)30-19/h4-10,29-30H,11H2,1-3H3/t19-,20+/m1/s1. The number of anilines is 2. The van der Waals surface area contributed by atoms with Crippen molar-refractivity contribution in [1.82, 2.24) is 0 Å². The maximum Gasteiger partial charge on any atom is 0.416 e. The number of alkyl halides is 6. The zero-order valence-electron chi connectivity index (χ0n) is 18.1. The molecule has 0 saturated carbocycles. The van der Waals surface area contributed by atoms with Gasteiger partial charge >= 0.3 is 24.3 Å². The second kappa shape index (κ2) is 8.41. The lowest BCUT2D eigenvalue weighted by Crippen LogP contribution is -2.59. The van der Waals surface area contributed by atoms with Gasteiger partial charge in [-0.25, -0.2) is 9.59 Å². The van der Waals surface area contributed by atoms with Crippen LogP contribution < -0.4 is 10.6 Å². The van der Waals surface area contributed by atoms with Crippen LogP contribution in [0.25, 0.3) is 0 Å². The van der Waals surface area contributed by atoms with Crippen LogP contribution in [-0.2, 0) is 37.0 Å². The Kier molecular flexibility index (Phi) is 6.23. The van der Waals surface area contributed by atoms with E-state index in [1.165, 1.54) is 6.92 Å². The number of halogens is 6. The van der Waals surface area contributed by atoms with Crippen molar-refractivity contribution in [2.75, 3.05) is 24.9 Å². The van der Waals surface area contributed by atoms with Crippen LogP contribution in [0.1, 0.15) is 30.0 Å². The van der Waals surface area contributed by atoms with E-state index in [2.05, 4.69) is 10.6 Å². The maximum atomic E-state index is 13.5. The molecule has 1 heterocycles. The van der Waals surface area contributed by atoms with E-state index in [0.29, 0.717) is 0 Å². The Morgan fingerprint density at radius 1 is 0.882 bits per heavy atom. The van der Waals surface area contributed by atoms with E-state index in [1.54, 1.807) is 0 Å². The molecule has 0 aromatic heterocycles. The highest BCUT2D eigenvalue weighted by molar-refractivity contribution is 5.95. The van der Waals surface area contributed by atoms with Crippen molar-refractivity contribution >= 4 is 23.3 Å². The fourth-order valence-electron chi connectivity index (χ4n) is 4.01. The number of hydrogen-bond donors (Lipinski definition) is 2. The Hall–Kier alpha value is -3.44. The molecule has 12 heteroatoms. The van der Waals surface area contributed by atoms with E-state index >= 15 is 0 Å². The van der Waals surface area contributed by atoms with Crippen LogP contribution in [0.2, 0.25) is 0 Å². The Labute approximate surface area is 190 Å². The zero-order chi connectivity index (χ0) is 25.5. The predicted octanol–water partition coefficient (Wildman–Crippen LogP) is 4.95. The third-order valence-corrected chi connectivity index (χ3v) is 5.58. The first-order valence-corrected chi connectivity index (χ1v) is 9.78. The number of benzene rings is 2. The van der Waals surface area contributed by atoms with Gasteiger partial charge in [0.1, 0.15) is 5.54 Å². The largest absolute Gasteiger partial charge is 0.467 e. The quantitative estimate of drug-likeness (QED) is 0.467. The number of fused-ring (bicyclic) bond motifs is 1. The molecule has 2 aromatic rings. The number of rotatable bonds is 4. The van der Waals surface area contributed by atoms with Gasteiger partial charge in [0.05, 0.1) is 25.3 Å². The van der Waals surface area contributed by atoms with Crippen LogP contribution in [0.15, 0.2) is 42.5 Å². The Bertz CT molecular complexity index is 1100. The summed E-state index contributed by atoms with van der Waals surface area (Å²) in [5, 5.41) is 5.55. The van der Waals surface area contributed by atoms with Crippen LogP contribution in [0.4, 0.5) is 37.7 Å². The van der Waals surface area contributed by atoms with Crippen LogP contribution in [-0.4, -0.2) is 31.7 Å². The fourth-order valence-corrected chi connectivity index (χ4v) is 4.01. The molecule has 0 spiro atoms. The average molecular weight is 490 g/mol. The van der Waals surface area contributed by atoms with Crippen molar-refractivity contribution in [1.29, 1.82) is 0 Å². The monoisotopic (exact) mass is 490 g/mol. The van der Waals surface area contributed by atoms with Crippen LogP contribution in [0.3, 0.4) is 0 Å². The van der Waals surface area contributed by atoms with Crippen molar-refractivity contribution in [3.63, 3.8) is 0 Å². The molecule has 0 amide bonds. The lowest BCUT2D eigenvalue weighted by Gasteiger charge is -2.46. The Balaban J connectivity index is 2.24. The third kappa shape index (κ3) is 4.48. The number of ether oxygens (including phenoxy) is 2. The van der Waals surface area contributed by atoms with Gasteiger partial charge in [-0.1, -0.05) is 0 Å². The highest BCUT2D eigenvalue weighted by Gasteiger charge is 2.55. The summed E-state index contributed by atoms with van der Waals surface area (Å²) in [5.41, 5.74) is -5.93. The molecule has 0 radical (unpaired) electrons. The highest BCUT2D eigenvalue weighted by atomic mass is 19.4. The second-order valence-corrected chi connectivity index (χ2v) is 7.98. The molecular formula is C22H20F6N2O4. The van der Waals surface area contributed by atoms with Crippen molar-refractivity contribution in [2.45, 2.75) is 36.8 Å². The SMILES string of the molecule is COC(=O)[C@@]1(C)C[C@@](Nc2ccc(C(F)(F)F)cc2)(C(=O)OC)c2cc(C(F)(F)F)ccc2N1. The molecule has 0 aliphatic carbocycles. The molecule has 34 heavy (non-hydrogen) atoms. The van der Waals surface area contributed by atoms with Crippen LogP contribution in [0.5, 0.6) is 0 Å². The third-order valence-electron chi connectivity index (χ3n) is 5.58. The van der Waals surface area contributed by atoms with Crippen LogP contribution >= 0.6 is 0 Å². The molecule has 0 unspecified atom stereocenters. The Morgan fingerprint density at radius 3 is 1.91 bits per heavy atom. The van der Waals surface area contributed by atoms with E-state index in [-0.39, 0.29) is 16.9 Å². The van der Waals surface area contributed by atoms with Gasteiger partial charge in [0.25, 0.3) is 0 Å². The Morgan fingerprint density at radius 2 is 1.41 bits per heavy atom. The highest BCUT2D eigenvalue weighted by Crippen LogP contribution is 2.47. The van der Waals surface area contributed by atoms with Crippen molar-refractivity contribution in [2.24, 2.45) is 0 Å². The summed E-state index contributed by atoms with van der Waals surface area (Å²) < 4.78 is 89.0. The number of methoxy groups -OCH3 is 2. The molecule has 184 valence electrons. The predicted molar refractivity (Wildman–Crippen MR) is 109 cm³/mol. The summed E-state index contributed by atoms with van der Waals surface area (Å²) in [5.74, 6) is -1.87. The van der Waals surface area contributed by atoms with Crippen LogP contribution in [0, 0.1) is 0 Å². The average Bonchev–Trinajstić information content (AvgIpc) is 2.76. The number of nitrogens with one attached hydrogen (secondary N) is 2. The first kappa shape index (κ1) is 25.2. The molecule has 2 N–H and O–H groups in total. The lowest BCUT2D eigenvalue weighted by molar-refractivity contribution is -0.151. The number of carbonyl (C=O) groups is 2. The van der Waals surface area contributed by atoms with Gasteiger partial charge in [-0.3, -0.25) is 0 Å². The van der Waals surface area contributed by atoms with Gasteiger partial charge in [0.15, 0.2) is 5.54 Å². The van der Waals surface area contributed by atoms with E-state index in [9.17, 15) is 35.9 Å². The summed E-state index contributed by atoms with van der Waals surface area (Å²) in [4.78, 5) is 25.7. The van der Waals surface area contributed by atoms with Gasteiger partial charge < -0.3 is 20.1 Å². The van der Waals surface area contributed by atoms with Gasteiger partial charge in [0, 0.05) is 23.4 Å². The zero-order valence-corrected chi connectivity index (χ0v) is 18.1. The normalized spacial score (nSPS) is 22.3. The van der Waals surface area contributed by atoms with Crippen molar-refractivity contribution in [3.05, 3.63) is 59.2 Å². The first-order valence-electron chi connectivity index (χ1n) is 9.78. The van der Waals surface area contributed by atoms with E-state index in [4.69, 9.17) is 9.47 Å². The summed E-state index contributed by atoms with van der Waals surface area (Å²) in [6.07, 6.45) is -9.85. The summed E-state index contributed by atoms with van der Waals surface area (Å²) in [7, 11) is 2.10. The maximum absolute atomic E-state index is 13.5. The van der Waals surface area contributed by atoms with E-state index in [0.717, 1.165) is 56.7 Å². The minimum Gasteiger partial charge on any atom is -0.467 e. The molecular weight excluding hydrogens is 470 g/mol. The second-order valence-electron chi connectivity index (χ2n) is 7.98. The molecule has 1 aliphatic heterocycles. The number of carbonyl (C=O) groups excluding carboxylic acids is 2. The van der Waals surface area contributed by atoms with E-state index in [1.807, 2.05) is 0 Å². The van der Waals surface area contributed by atoms with Crippen molar-refractivity contribution in [3.8, 4) is 0 Å². The molecule has 1 aliphatic rings. The molecule has 3 rings (SSSR count). The minimum absolute atomic E-state index is 0.0111. The molecule has 0 bridgehead atoms. The van der Waals surface area contributed by atoms with Gasteiger partial charge in [-0.2, -0.15) is 26.3 Å². The summed E-state index contributed by atoms with van der Waals surface area (Å²) in [6.45, 7) is 1.38. The molecule has 6 nitrogen and oxygen atoms in total. The number of esters is 2. The van der Waals surface area contributed by atoms with E-state index < -0.39 is 52.9 Å². The fraction of sp³-hybridized carbons (Fsp3) is 0.364. The summed E-state index contributed by atoms with van der Waals surface area (Å²) >= 11 is 0.